The molecule has 1 aromatic heterocycles. The van der Waals surface area contributed by atoms with Gasteiger partial charge < -0.3 is 9.84 Å². The summed E-state index contributed by atoms with van der Waals surface area (Å²) >= 11 is 0. The van der Waals surface area contributed by atoms with Gasteiger partial charge in [-0.3, -0.25) is 9.78 Å². The largest absolute Gasteiger partial charge is 0.507 e. The van der Waals surface area contributed by atoms with Gasteiger partial charge in [0.1, 0.15) is 23.9 Å². The summed E-state index contributed by atoms with van der Waals surface area (Å²) in [6.07, 6.45) is 4.56. The van der Waals surface area contributed by atoms with Crippen LogP contribution in [0.15, 0.2) is 72.9 Å². The summed E-state index contributed by atoms with van der Waals surface area (Å²) in [5.74, 6) is -0.372. The molecule has 0 aliphatic carbocycles. The normalized spacial score (nSPS) is 10.8. The number of hydrogen-bond donors (Lipinski definition) is 1. The van der Waals surface area contributed by atoms with Crippen molar-refractivity contribution in [1.82, 2.24) is 4.98 Å². The Bertz CT molecular complexity index is 922. The van der Waals surface area contributed by atoms with E-state index in [9.17, 15) is 14.3 Å². The predicted octanol–water partition coefficient (Wildman–Crippen LogP) is 4.40. The fraction of sp³-hybridized carbons (Fsp3) is 0.0476. The van der Waals surface area contributed by atoms with Crippen LogP contribution in [0, 0.1) is 5.82 Å². The molecule has 1 N–H and O–H groups in total. The highest BCUT2D eigenvalue weighted by atomic mass is 19.1. The second-order valence-electron chi connectivity index (χ2n) is 5.55. The Morgan fingerprint density at radius 2 is 1.92 bits per heavy atom. The zero-order chi connectivity index (χ0) is 18.4. The first-order chi connectivity index (χ1) is 12.6. The van der Waals surface area contributed by atoms with Crippen LogP contribution < -0.4 is 4.74 Å². The molecule has 0 radical (unpaired) electrons. The van der Waals surface area contributed by atoms with Gasteiger partial charge >= 0.3 is 0 Å². The average molecular weight is 349 g/mol. The molecule has 0 aliphatic heterocycles. The maximum absolute atomic E-state index is 12.9. The van der Waals surface area contributed by atoms with Gasteiger partial charge in [-0.2, -0.15) is 0 Å². The third kappa shape index (κ3) is 4.54. The Morgan fingerprint density at radius 3 is 2.65 bits per heavy atom. The fourth-order valence-electron chi connectivity index (χ4n) is 2.27. The third-order valence-corrected chi connectivity index (χ3v) is 3.65. The molecule has 0 saturated carbocycles. The number of carbonyl (C=O) groups excluding carboxylic acids is 1. The number of ketones is 1. The molecular weight excluding hydrogens is 333 g/mol. The zero-order valence-corrected chi connectivity index (χ0v) is 13.8. The Hall–Kier alpha value is -3.47. The van der Waals surface area contributed by atoms with Gasteiger partial charge in [0.2, 0.25) is 0 Å². The lowest BCUT2D eigenvalue weighted by Gasteiger charge is -2.08. The van der Waals surface area contributed by atoms with Crippen molar-refractivity contribution in [3.8, 4) is 11.5 Å². The Morgan fingerprint density at radius 1 is 1.12 bits per heavy atom. The molecule has 2 aromatic carbocycles. The Kier molecular flexibility index (Phi) is 5.39. The van der Waals surface area contributed by atoms with Crippen LogP contribution in [0.3, 0.4) is 0 Å². The van der Waals surface area contributed by atoms with E-state index in [2.05, 4.69) is 4.98 Å². The summed E-state index contributed by atoms with van der Waals surface area (Å²) in [7, 11) is 0. The van der Waals surface area contributed by atoms with Gasteiger partial charge in [0, 0.05) is 6.20 Å². The predicted molar refractivity (Wildman–Crippen MR) is 96.4 cm³/mol. The number of pyridine rings is 1. The number of aromatic hydroxyl groups is 1. The molecule has 0 amide bonds. The van der Waals surface area contributed by atoms with Gasteiger partial charge in [0.25, 0.3) is 0 Å². The highest BCUT2D eigenvalue weighted by Gasteiger charge is 2.10. The van der Waals surface area contributed by atoms with Gasteiger partial charge in [-0.05, 0) is 60.2 Å². The number of hydrogen-bond acceptors (Lipinski definition) is 4. The molecule has 0 saturated heterocycles. The van der Waals surface area contributed by atoms with E-state index in [0.29, 0.717) is 11.4 Å². The summed E-state index contributed by atoms with van der Waals surface area (Å²) in [5.41, 5.74) is 1.57. The molecule has 0 fully saturated rings. The standard InChI is InChI=1S/C21H16FNO3/c22-16-6-4-15(5-7-16)14-26-18-9-11-21(25)19(13-18)20(24)10-8-17-3-1-2-12-23-17/h1-13,25H,14H2. The average Bonchev–Trinajstić information content (AvgIpc) is 2.67. The highest BCUT2D eigenvalue weighted by molar-refractivity contribution is 6.08. The molecule has 4 nitrogen and oxygen atoms in total. The van der Waals surface area contributed by atoms with Gasteiger partial charge in [-0.25, -0.2) is 4.39 Å². The number of benzene rings is 2. The summed E-state index contributed by atoms with van der Waals surface area (Å²) < 4.78 is 18.5. The van der Waals surface area contributed by atoms with Gasteiger partial charge in [0.15, 0.2) is 5.78 Å². The number of ether oxygens (including phenoxy) is 1. The monoisotopic (exact) mass is 349 g/mol. The molecule has 26 heavy (non-hydrogen) atoms. The van der Waals surface area contributed by atoms with Crippen molar-refractivity contribution in [2.24, 2.45) is 0 Å². The summed E-state index contributed by atoms with van der Waals surface area (Å²) in [6.45, 7) is 0.225. The van der Waals surface area contributed by atoms with Crippen LogP contribution in [-0.2, 0) is 6.61 Å². The molecule has 5 heteroatoms. The van der Waals surface area contributed by atoms with Crippen molar-refractivity contribution in [3.63, 3.8) is 0 Å². The number of carbonyl (C=O) groups is 1. The van der Waals surface area contributed by atoms with Crippen molar-refractivity contribution in [1.29, 1.82) is 0 Å². The van der Waals surface area contributed by atoms with Gasteiger partial charge in [-0.1, -0.05) is 18.2 Å². The van der Waals surface area contributed by atoms with Crippen molar-refractivity contribution in [2.75, 3.05) is 0 Å². The molecule has 130 valence electrons. The lowest BCUT2D eigenvalue weighted by atomic mass is 10.1. The van der Waals surface area contributed by atoms with Crippen molar-refractivity contribution >= 4 is 11.9 Å². The van der Waals surface area contributed by atoms with Gasteiger partial charge in [-0.15, -0.1) is 0 Å². The summed E-state index contributed by atoms with van der Waals surface area (Å²) in [5, 5.41) is 9.95. The number of phenolic OH excluding ortho intramolecular Hbond substituents is 1. The molecule has 0 unspecified atom stereocenters. The maximum atomic E-state index is 12.9. The first-order valence-electron chi connectivity index (χ1n) is 7.95. The third-order valence-electron chi connectivity index (χ3n) is 3.65. The minimum atomic E-state index is -0.361. The SMILES string of the molecule is O=C(C=Cc1ccccn1)c1cc(OCc2ccc(F)cc2)ccc1O. The first-order valence-corrected chi connectivity index (χ1v) is 7.95. The van der Waals surface area contributed by atoms with E-state index in [1.807, 2.05) is 6.07 Å². The van der Waals surface area contributed by atoms with E-state index < -0.39 is 0 Å². The first kappa shape index (κ1) is 17.4. The second-order valence-corrected chi connectivity index (χ2v) is 5.55. The molecular formula is C21H16FNO3. The fourth-order valence-corrected chi connectivity index (χ4v) is 2.27. The highest BCUT2D eigenvalue weighted by Crippen LogP contribution is 2.24. The number of phenols is 1. The quantitative estimate of drug-likeness (QED) is 0.529. The van der Waals surface area contributed by atoms with Crippen molar-refractivity contribution < 1.29 is 19.0 Å². The molecule has 0 spiro atoms. The lowest BCUT2D eigenvalue weighted by Crippen LogP contribution is -1.99. The van der Waals surface area contributed by atoms with Crippen LogP contribution in [0.4, 0.5) is 4.39 Å². The summed E-state index contributed by atoms with van der Waals surface area (Å²) in [6, 6.07) is 15.8. The van der Waals surface area contributed by atoms with Crippen LogP contribution in [0.5, 0.6) is 11.5 Å². The smallest absolute Gasteiger partial charge is 0.189 e. The van der Waals surface area contributed by atoms with Crippen molar-refractivity contribution in [3.05, 3.63) is 95.6 Å². The van der Waals surface area contributed by atoms with E-state index in [1.165, 1.54) is 30.3 Å². The lowest BCUT2D eigenvalue weighted by molar-refractivity contribution is 0.104. The zero-order valence-electron chi connectivity index (χ0n) is 13.8. The second kappa shape index (κ2) is 8.07. The van der Waals surface area contributed by atoms with E-state index in [4.69, 9.17) is 4.74 Å². The van der Waals surface area contributed by atoms with Crippen LogP contribution >= 0.6 is 0 Å². The van der Waals surface area contributed by atoms with Crippen LogP contribution in [0.25, 0.3) is 6.08 Å². The molecule has 3 aromatic rings. The molecule has 0 bridgehead atoms. The topological polar surface area (TPSA) is 59.4 Å². The van der Waals surface area contributed by atoms with E-state index in [0.717, 1.165) is 5.56 Å². The van der Waals surface area contributed by atoms with E-state index >= 15 is 0 Å². The van der Waals surface area contributed by atoms with E-state index in [1.54, 1.807) is 42.6 Å². The number of aromatic nitrogens is 1. The Labute approximate surface area is 150 Å². The van der Waals surface area contributed by atoms with E-state index in [-0.39, 0.29) is 29.5 Å². The number of rotatable bonds is 6. The number of halogens is 1. The van der Waals surface area contributed by atoms with Crippen LogP contribution in [0.1, 0.15) is 21.6 Å². The number of allylic oxidation sites excluding steroid dienone is 1. The Balaban J connectivity index is 1.71. The minimum absolute atomic E-state index is 0.130. The minimum Gasteiger partial charge on any atom is -0.507 e. The molecule has 0 atom stereocenters. The summed E-state index contributed by atoms with van der Waals surface area (Å²) in [4.78, 5) is 16.4. The van der Waals surface area contributed by atoms with Crippen LogP contribution in [-0.4, -0.2) is 15.9 Å². The van der Waals surface area contributed by atoms with Crippen LogP contribution in [0.2, 0.25) is 0 Å². The molecule has 3 rings (SSSR count). The molecule has 1 heterocycles. The van der Waals surface area contributed by atoms with Crippen molar-refractivity contribution in [2.45, 2.75) is 6.61 Å². The molecule has 0 aliphatic rings. The number of nitrogens with zero attached hydrogens (tertiary/aromatic N) is 1. The van der Waals surface area contributed by atoms with Gasteiger partial charge in [0.05, 0.1) is 11.3 Å². The maximum Gasteiger partial charge on any atom is 0.189 e.